The summed E-state index contributed by atoms with van der Waals surface area (Å²) in [7, 11) is 0. The Morgan fingerprint density at radius 2 is 1.28 bits per heavy atom. The van der Waals surface area contributed by atoms with Crippen molar-refractivity contribution < 1.29 is 4.42 Å². The van der Waals surface area contributed by atoms with Crippen LogP contribution >= 0.6 is 0 Å². The predicted molar refractivity (Wildman–Crippen MR) is 160 cm³/mol. The van der Waals surface area contributed by atoms with Gasteiger partial charge in [0.2, 0.25) is 0 Å². The summed E-state index contributed by atoms with van der Waals surface area (Å²) in [6, 6.07) is 43.3. The van der Waals surface area contributed by atoms with Gasteiger partial charge in [-0.3, -0.25) is 0 Å². The first kappa shape index (κ1) is 20.7. The smallest absolute Gasteiger partial charge is 0.182 e. The Hall–Kier alpha value is -5.35. The summed E-state index contributed by atoms with van der Waals surface area (Å²) in [6.07, 6.45) is 1.53. The highest BCUT2D eigenvalue weighted by molar-refractivity contribution is 6.28. The molecule has 0 fully saturated rings. The number of aromatic nitrogens is 3. The Morgan fingerprint density at radius 3 is 2.21 bits per heavy atom. The molecular weight excluding hydrogens is 478 g/mol. The summed E-state index contributed by atoms with van der Waals surface area (Å²) in [5.41, 5.74) is 8.49. The highest BCUT2D eigenvalue weighted by Crippen LogP contribution is 2.44. The van der Waals surface area contributed by atoms with Gasteiger partial charge in [-0.15, -0.1) is 0 Å². The van der Waals surface area contributed by atoms with Crippen LogP contribution in [-0.4, -0.2) is 14.1 Å². The van der Waals surface area contributed by atoms with Gasteiger partial charge in [-0.25, -0.2) is 4.98 Å². The van der Waals surface area contributed by atoms with E-state index in [1.165, 1.54) is 49.7 Å². The second kappa shape index (κ2) is 7.59. The number of benzene rings is 6. The molecular formula is C35H21N3O. The van der Waals surface area contributed by atoms with Crippen LogP contribution < -0.4 is 0 Å². The number of fused-ring (bicyclic) bond motifs is 10. The number of rotatable bonds is 2. The summed E-state index contributed by atoms with van der Waals surface area (Å²) in [6.45, 7) is 0. The molecule has 0 aliphatic rings. The zero-order valence-corrected chi connectivity index (χ0v) is 20.9. The van der Waals surface area contributed by atoms with Gasteiger partial charge in [0.1, 0.15) is 5.52 Å². The quantitative estimate of drug-likeness (QED) is 0.238. The highest BCUT2D eigenvalue weighted by atomic mass is 16.3. The van der Waals surface area contributed by atoms with Crippen LogP contribution in [0.4, 0.5) is 0 Å². The first-order valence-corrected chi connectivity index (χ1v) is 13.1. The molecule has 9 rings (SSSR count). The van der Waals surface area contributed by atoms with Gasteiger partial charge >= 0.3 is 0 Å². The van der Waals surface area contributed by atoms with E-state index in [-0.39, 0.29) is 0 Å². The number of oxazole rings is 1. The molecule has 3 aromatic heterocycles. The molecule has 0 aliphatic heterocycles. The third-order valence-corrected chi connectivity index (χ3v) is 8.04. The van der Waals surface area contributed by atoms with Gasteiger partial charge in [-0.2, -0.15) is 0 Å². The van der Waals surface area contributed by atoms with E-state index in [2.05, 4.69) is 123 Å². The van der Waals surface area contributed by atoms with E-state index in [1.807, 2.05) is 12.1 Å². The molecule has 0 saturated heterocycles. The Morgan fingerprint density at radius 1 is 0.513 bits per heavy atom. The Bertz CT molecular complexity index is 2390. The van der Waals surface area contributed by atoms with E-state index < -0.39 is 0 Å². The molecule has 4 nitrogen and oxygen atoms in total. The van der Waals surface area contributed by atoms with E-state index in [1.54, 1.807) is 0 Å². The highest BCUT2D eigenvalue weighted by Gasteiger charge is 2.22. The van der Waals surface area contributed by atoms with Gasteiger partial charge in [-0.05, 0) is 41.8 Å². The van der Waals surface area contributed by atoms with Gasteiger partial charge in [0.25, 0.3) is 0 Å². The monoisotopic (exact) mass is 499 g/mol. The van der Waals surface area contributed by atoms with Crippen LogP contribution in [0.2, 0.25) is 0 Å². The van der Waals surface area contributed by atoms with Gasteiger partial charge < -0.3 is 13.6 Å². The van der Waals surface area contributed by atoms with Crippen LogP contribution in [0, 0.1) is 0 Å². The second-order valence-corrected chi connectivity index (χ2v) is 10.0. The minimum atomic E-state index is 0.787. The number of nitrogens with zero attached hydrogens (tertiary/aromatic N) is 3. The van der Waals surface area contributed by atoms with Gasteiger partial charge in [0, 0.05) is 32.6 Å². The van der Waals surface area contributed by atoms with Crippen LogP contribution in [0.25, 0.3) is 76.9 Å². The van der Waals surface area contributed by atoms with Crippen molar-refractivity contribution in [3.8, 4) is 11.4 Å². The van der Waals surface area contributed by atoms with Crippen molar-refractivity contribution in [3.05, 3.63) is 128 Å². The molecule has 0 aliphatic carbocycles. The second-order valence-electron chi connectivity index (χ2n) is 10.0. The summed E-state index contributed by atoms with van der Waals surface area (Å²) in [4.78, 5) is 4.43. The van der Waals surface area contributed by atoms with E-state index >= 15 is 0 Å². The van der Waals surface area contributed by atoms with Crippen molar-refractivity contribution in [2.75, 3.05) is 0 Å². The Labute approximate surface area is 222 Å². The predicted octanol–water partition coefficient (Wildman–Crippen LogP) is 9.18. The third-order valence-electron chi connectivity index (χ3n) is 8.04. The van der Waals surface area contributed by atoms with Crippen LogP contribution in [0.5, 0.6) is 0 Å². The van der Waals surface area contributed by atoms with Crippen molar-refractivity contribution >= 4 is 65.5 Å². The molecule has 0 radical (unpaired) electrons. The largest absolute Gasteiger partial charge is 0.441 e. The van der Waals surface area contributed by atoms with E-state index in [0.717, 1.165) is 33.5 Å². The van der Waals surface area contributed by atoms with Gasteiger partial charge in [0.15, 0.2) is 12.0 Å². The summed E-state index contributed by atoms with van der Waals surface area (Å²) < 4.78 is 10.7. The maximum absolute atomic E-state index is 5.91. The van der Waals surface area contributed by atoms with E-state index in [0.29, 0.717) is 0 Å². The van der Waals surface area contributed by atoms with Crippen molar-refractivity contribution in [2.24, 2.45) is 0 Å². The molecule has 0 spiro atoms. The third kappa shape index (κ3) is 2.70. The molecule has 0 saturated carbocycles. The lowest BCUT2D eigenvalue weighted by Gasteiger charge is -2.11. The minimum Gasteiger partial charge on any atom is -0.441 e. The summed E-state index contributed by atoms with van der Waals surface area (Å²) >= 11 is 0. The number of para-hydroxylation sites is 3. The average Bonchev–Trinajstić information content (AvgIpc) is 3.70. The zero-order valence-electron chi connectivity index (χ0n) is 20.9. The molecule has 4 heteroatoms. The SMILES string of the molecule is c1ccc(-n2c3c4ccccc4ccc3c3ccc4c(c5ccccc5n4-c4cccc5ncoc45)c32)cc1. The minimum absolute atomic E-state index is 0.787. The fourth-order valence-corrected chi connectivity index (χ4v) is 6.46. The topological polar surface area (TPSA) is 35.9 Å². The molecule has 6 aromatic carbocycles. The van der Waals surface area contributed by atoms with Crippen LogP contribution in [0.3, 0.4) is 0 Å². The zero-order chi connectivity index (χ0) is 25.5. The molecule has 0 unspecified atom stereocenters. The molecule has 0 atom stereocenters. The van der Waals surface area contributed by atoms with Crippen LogP contribution in [-0.2, 0) is 0 Å². The number of hydrogen-bond donors (Lipinski definition) is 0. The summed E-state index contributed by atoms with van der Waals surface area (Å²) in [5.74, 6) is 0. The molecule has 39 heavy (non-hydrogen) atoms. The van der Waals surface area contributed by atoms with Crippen molar-refractivity contribution in [1.82, 2.24) is 14.1 Å². The fourth-order valence-electron chi connectivity index (χ4n) is 6.46. The molecule has 0 bridgehead atoms. The molecule has 3 heterocycles. The lowest BCUT2D eigenvalue weighted by Crippen LogP contribution is -1.96. The lowest BCUT2D eigenvalue weighted by atomic mass is 10.0. The first-order valence-electron chi connectivity index (χ1n) is 13.1. The first-order chi connectivity index (χ1) is 19.4. The maximum Gasteiger partial charge on any atom is 0.182 e. The Kier molecular flexibility index (Phi) is 4.02. The van der Waals surface area contributed by atoms with Crippen molar-refractivity contribution in [3.63, 3.8) is 0 Å². The fraction of sp³-hybridized carbons (Fsp3) is 0. The van der Waals surface area contributed by atoms with Crippen molar-refractivity contribution in [2.45, 2.75) is 0 Å². The van der Waals surface area contributed by atoms with Gasteiger partial charge in [-0.1, -0.05) is 84.9 Å². The van der Waals surface area contributed by atoms with E-state index in [4.69, 9.17) is 4.42 Å². The van der Waals surface area contributed by atoms with Crippen LogP contribution in [0.1, 0.15) is 0 Å². The molecule has 0 N–H and O–H groups in total. The van der Waals surface area contributed by atoms with Crippen molar-refractivity contribution in [1.29, 1.82) is 0 Å². The van der Waals surface area contributed by atoms with E-state index in [9.17, 15) is 0 Å². The van der Waals surface area contributed by atoms with Crippen LogP contribution in [0.15, 0.2) is 132 Å². The van der Waals surface area contributed by atoms with Gasteiger partial charge in [0.05, 0.1) is 27.8 Å². The lowest BCUT2D eigenvalue weighted by molar-refractivity contribution is 0.600. The number of hydrogen-bond acceptors (Lipinski definition) is 2. The standard InChI is InChI=1S/C35H21N3O/c1-2-10-23(11-3-1)37-33-24-12-5-4-9-22(24)17-18-25(33)26-19-20-30-32(34(26)37)27-13-6-7-15-29(27)38(30)31-16-8-14-28-35(31)39-21-36-28/h1-21H. The molecule has 0 amide bonds. The maximum atomic E-state index is 5.91. The molecule has 9 aromatic rings. The average molecular weight is 500 g/mol. The summed E-state index contributed by atoms with van der Waals surface area (Å²) in [5, 5.41) is 7.41. The normalized spacial score (nSPS) is 12.1. The molecule has 182 valence electrons. The Balaban J connectivity index is 1.57.